The number of amides is 2. The first-order valence-corrected chi connectivity index (χ1v) is 14.1. The maximum Gasteiger partial charge on any atom is 0.326 e. The van der Waals surface area contributed by atoms with Crippen LogP contribution in [0.25, 0.3) is 10.9 Å². The molecule has 0 bridgehead atoms. The normalized spacial score (nSPS) is 18.1. The SMILES string of the molecule is Cl.NCCC[C@@H](C(=O)O)N(C(=O)C(=O)c1c[nH]c2ccccc12)C(C(=O)NC1CCCCC1)C1CCCCC1. The van der Waals surface area contributed by atoms with Gasteiger partial charge in [-0.15, -0.1) is 12.4 Å². The topological polar surface area (TPSA) is 146 Å². The highest BCUT2D eigenvalue weighted by Gasteiger charge is 2.45. The molecule has 214 valence electrons. The maximum atomic E-state index is 14.1. The number of aliphatic carboxylic acids is 1. The quantitative estimate of drug-likeness (QED) is 0.239. The number of aromatic nitrogens is 1. The molecule has 0 radical (unpaired) electrons. The molecule has 2 aliphatic carbocycles. The van der Waals surface area contributed by atoms with Crippen molar-refractivity contribution in [2.45, 2.75) is 95.2 Å². The minimum atomic E-state index is -1.33. The van der Waals surface area contributed by atoms with Gasteiger partial charge in [0.05, 0.1) is 5.56 Å². The van der Waals surface area contributed by atoms with E-state index >= 15 is 0 Å². The minimum Gasteiger partial charge on any atom is -0.480 e. The lowest BCUT2D eigenvalue weighted by molar-refractivity contribution is -0.155. The summed E-state index contributed by atoms with van der Waals surface area (Å²) in [6.45, 7) is 0.241. The van der Waals surface area contributed by atoms with Gasteiger partial charge in [0.1, 0.15) is 12.1 Å². The second-order valence-electron chi connectivity index (χ2n) is 10.8. The Labute approximate surface area is 235 Å². The fourth-order valence-electron chi connectivity index (χ4n) is 6.20. The number of ketones is 1. The van der Waals surface area contributed by atoms with Crippen molar-refractivity contribution in [3.8, 4) is 0 Å². The number of aromatic amines is 1. The molecule has 1 heterocycles. The Bertz CT molecular complexity index is 1140. The number of nitrogens with two attached hydrogens (primary N) is 1. The van der Waals surface area contributed by atoms with Crippen LogP contribution in [0.5, 0.6) is 0 Å². The van der Waals surface area contributed by atoms with Gasteiger partial charge >= 0.3 is 5.97 Å². The van der Waals surface area contributed by atoms with E-state index in [2.05, 4.69) is 10.3 Å². The van der Waals surface area contributed by atoms with Gasteiger partial charge in [-0.1, -0.05) is 56.7 Å². The lowest BCUT2D eigenvalue weighted by atomic mass is 9.81. The Hall–Kier alpha value is -2.91. The largest absolute Gasteiger partial charge is 0.480 e. The third-order valence-corrected chi connectivity index (χ3v) is 8.18. The van der Waals surface area contributed by atoms with Crippen LogP contribution in [0.2, 0.25) is 0 Å². The number of fused-ring (bicyclic) bond motifs is 1. The van der Waals surface area contributed by atoms with Crippen molar-refractivity contribution in [3.63, 3.8) is 0 Å². The lowest BCUT2D eigenvalue weighted by Gasteiger charge is -2.41. The molecule has 2 aromatic rings. The fourth-order valence-corrected chi connectivity index (χ4v) is 6.20. The average Bonchev–Trinajstić information content (AvgIpc) is 3.37. The van der Waals surface area contributed by atoms with Gasteiger partial charge in [0.25, 0.3) is 11.7 Å². The van der Waals surface area contributed by atoms with Crippen LogP contribution >= 0.6 is 12.4 Å². The van der Waals surface area contributed by atoms with E-state index in [0.717, 1.165) is 56.3 Å². The molecule has 39 heavy (non-hydrogen) atoms. The van der Waals surface area contributed by atoms with Crippen LogP contribution in [0.4, 0.5) is 0 Å². The molecule has 5 N–H and O–H groups in total. The molecule has 0 saturated heterocycles. The van der Waals surface area contributed by atoms with E-state index in [1.165, 1.54) is 6.20 Å². The van der Waals surface area contributed by atoms with E-state index in [4.69, 9.17) is 5.73 Å². The van der Waals surface area contributed by atoms with Gasteiger partial charge < -0.3 is 26.0 Å². The maximum absolute atomic E-state index is 14.1. The van der Waals surface area contributed by atoms with E-state index in [9.17, 15) is 24.3 Å². The number of H-pyrrole nitrogens is 1. The zero-order valence-electron chi connectivity index (χ0n) is 22.4. The van der Waals surface area contributed by atoms with Crippen molar-refractivity contribution in [2.75, 3.05) is 6.54 Å². The molecule has 1 aromatic carbocycles. The second kappa shape index (κ2) is 14.5. The van der Waals surface area contributed by atoms with Crippen LogP contribution < -0.4 is 11.1 Å². The zero-order chi connectivity index (χ0) is 27.1. The Morgan fingerprint density at radius 3 is 2.28 bits per heavy atom. The summed E-state index contributed by atoms with van der Waals surface area (Å²) in [5.41, 5.74) is 6.58. The summed E-state index contributed by atoms with van der Waals surface area (Å²) >= 11 is 0. The van der Waals surface area contributed by atoms with Gasteiger partial charge in [-0.25, -0.2) is 4.79 Å². The predicted octanol–water partition coefficient (Wildman–Crippen LogP) is 4.19. The van der Waals surface area contributed by atoms with E-state index in [1.54, 1.807) is 18.2 Å². The van der Waals surface area contributed by atoms with Crippen molar-refractivity contribution >= 4 is 46.9 Å². The molecular formula is C29H41ClN4O5. The minimum absolute atomic E-state index is 0. The van der Waals surface area contributed by atoms with Crippen molar-refractivity contribution in [1.82, 2.24) is 15.2 Å². The number of para-hydroxylation sites is 1. The molecular weight excluding hydrogens is 520 g/mol. The van der Waals surface area contributed by atoms with Gasteiger partial charge in [-0.3, -0.25) is 14.4 Å². The van der Waals surface area contributed by atoms with Crippen molar-refractivity contribution in [1.29, 1.82) is 0 Å². The first-order chi connectivity index (χ1) is 18.4. The first-order valence-electron chi connectivity index (χ1n) is 14.1. The van der Waals surface area contributed by atoms with E-state index in [1.807, 2.05) is 6.07 Å². The second-order valence-corrected chi connectivity index (χ2v) is 10.8. The monoisotopic (exact) mass is 560 g/mol. The molecule has 2 aliphatic rings. The number of carbonyl (C=O) groups is 4. The fraction of sp³-hybridized carbons (Fsp3) is 0.586. The number of halogens is 1. The summed E-state index contributed by atoms with van der Waals surface area (Å²) in [5.74, 6) is -3.55. The predicted molar refractivity (Wildman–Crippen MR) is 152 cm³/mol. The number of carboxylic acids is 1. The molecule has 1 unspecified atom stereocenters. The first kappa shape index (κ1) is 30.6. The number of hydrogen-bond donors (Lipinski definition) is 4. The van der Waals surface area contributed by atoms with Crippen LogP contribution in [0.3, 0.4) is 0 Å². The standard InChI is InChI=1S/C29H40N4O5.ClH/c30-17-9-16-24(29(37)38)33(28(36)26(34)22-18-31-23-15-8-7-14-21(22)23)25(19-10-3-1-4-11-19)27(35)32-20-12-5-2-6-13-20;/h7-8,14-15,18-20,24-25,31H,1-6,9-13,16-17,30H2,(H,32,35)(H,37,38);1H/t24-,25?;/m0./s1. The highest BCUT2D eigenvalue weighted by molar-refractivity contribution is 6.45. The van der Waals surface area contributed by atoms with Crippen LogP contribution in [0.15, 0.2) is 30.5 Å². The summed E-state index contributed by atoms with van der Waals surface area (Å²) < 4.78 is 0. The van der Waals surface area contributed by atoms with Crippen LogP contribution in [0.1, 0.15) is 87.4 Å². The summed E-state index contributed by atoms with van der Waals surface area (Å²) in [5, 5.41) is 14.0. The molecule has 2 amide bonds. The summed E-state index contributed by atoms with van der Waals surface area (Å²) in [6, 6.07) is 4.78. The summed E-state index contributed by atoms with van der Waals surface area (Å²) in [7, 11) is 0. The average molecular weight is 561 g/mol. The lowest BCUT2D eigenvalue weighted by Crippen LogP contribution is -2.61. The number of carbonyl (C=O) groups excluding carboxylic acids is 3. The van der Waals surface area contributed by atoms with Crippen molar-refractivity contribution < 1.29 is 24.3 Å². The molecule has 0 aliphatic heterocycles. The molecule has 2 saturated carbocycles. The Kier molecular flexibility index (Phi) is 11.4. The van der Waals surface area contributed by atoms with Crippen LogP contribution in [-0.2, 0) is 14.4 Å². The number of benzene rings is 1. The number of hydrogen-bond acceptors (Lipinski definition) is 5. The molecule has 1 aromatic heterocycles. The van der Waals surface area contributed by atoms with Gasteiger partial charge in [0.15, 0.2) is 0 Å². The molecule has 10 heteroatoms. The Balaban J connectivity index is 0.00000420. The highest BCUT2D eigenvalue weighted by atomic mass is 35.5. The highest BCUT2D eigenvalue weighted by Crippen LogP contribution is 2.32. The smallest absolute Gasteiger partial charge is 0.326 e. The van der Waals surface area contributed by atoms with E-state index < -0.39 is 29.7 Å². The number of Topliss-reactive ketones (excluding diaryl/α,β-unsaturated/α-hetero) is 1. The van der Waals surface area contributed by atoms with Crippen LogP contribution in [-0.4, -0.2) is 63.2 Å². The molecule has 2 atom stereocenters. The number of nitrogens with zero attached hydrogens (tertiary/aromatic N) is 1. The number of nitrogens with one attached hydrogen (secondary N) is 2. The third kappa shape index (κ3) is 7.19. The van der Waals surface area contributed by atoms with Gasteiger partial charge in [0.2, 0.25) is 5.91 Å². The van der Waals surface area contributed by atoms with E-state index in [0.29, 0.717) is 30.2 Å². The summed E-state index contributed by atoms with van der Waals surface area (Å²) in [4.78, 5) is 58.4. The third-order valence-electron chi connectivity index (χ3n) is 8.18. The molecule has 2 fully saturated rings. The Morgan fingerprint density at radius 1 is 1.00 bits per heavy atom. The van der Waals surface area contributed by atoms with E-state index in [-0.39, 0.29) is 48.8 Å². The Morgan fingerprint density at radius 2 is 1.64 bits per heavy atom. The molecule has 9 nitrogen and oxygen atoms in total. The van der Waals surface area contributed by atoms with Gasteiger partial charge in [-0.2, -0.15) is 0 Å². The molecule has 0 spiro atoms. The molecule has 4 rings (SSSR count). The van der Waals surface area contributed by atoms with Crippen LogP contribution in [0, 0.1) is 5.92 Å². The van der Waals surface area contributed by atoms with Gasteiger partial charge in [-0.05, 0) is 57.1 Å². The van der Waals surface area contributed by atoms with Crippen molar-refractivity contribution in [3.05, 3.63) is 36.0 Å². The zero-order valence-corrected chi connectivity index (χ0v) is 23.2. The van der Waals surface area contributed by atoms with Crippen molar-refractivity contribution in [2.24, 2.45) is 11.7 Å². The number of rotatable bonds is 11. The number of carboxylic acid groups (broad SMARTS) is 1. The summed E-state index contributed by atoms with van der Waals surface area (Å²) in [6.07, 6.45) is 11.0. The van der Waals surface area contributed by atoms with Gasteiger partial charge in [0, 0.05) is 23.1 Å².